The van der Waals surface area contributed by atoms with Crippen molar-refractivity contribution in [1.29, 1.82) is 5.26 Å². The average molecular weight is 345 g/mol. The van der Waals surface area contributed by atoms with E-state index >= 15 is 0 Å². The van der Waals surface area contributed by atoms with E-state index in [0.29, 0.717) is 0 Å². The Morgan fingerprint density at radius 2 is 2.17 bits per heavy atom. The fraction of sp³-hybridized carbons (Fsp3) is 0.154. The van der Waals surface area contributed by atoms with Crippen LogP contribution in [0.4, 0.5) is 19.0 Å². The van der Waals surface area contributed by atoms with Crippen molar-refractivity contribution < 1.29 is 23.1 Å². The largest absolute Gasteiger partial charge is 0.480 e. The Kier molecular flexibility index (Phi) is 4.47. The number of carboxylic acid groups (broad SMARTS) is 1. The van der Waals surface area contributed by atoms with Gasteiger partial charge in [0.25, 0.3) is 0 Å². The summed E-state index contributed by atoms with van der Waals surface area (Å²) >= 11 is 5.87. The third-order valence-corrected chi connectivity index (χ3v) is 3.10. The van der Waals surface area contributed by atoms with E-state index in [4.69, 9.17) is 22.0 Å². The molecule has 0 amide bonds. The highest BCUT2D eigenvalue weighted by Crippen LogP contribution is 2.34. The number of alkyl halides is 3. The van der Waals surface area contributed by atoms with Crippen molar-refractivity contribution in [3.05, 3.63) is 40.5 Å². The van der Waals surface area contributed by atoms with Crippen molar-refractivity contribution in [2.45, 2.75) is 6.18 Å². The van der Waals surface area contributed by atoms with Gasteiger partial charge in [0, 0.05) is 0 Å². The number of nitrogens with zero attached hydrogens (tertiary/aromatic N) is 3. The minimum absolute atomic E-state index is 0.0246. The smallest absolute Gasteiger partial charge is 0.416 e. The summed E-state index contributed by atoms with van der Waals surface area (Å²) in [5.74, 6) is -1.16. The van der Waals surface area contributed by atoms with E-state index < -0.39 is 24.3 Å². The van der Waals surface area contributed by atoms with Crippen LogP contribution in [-0.4, -0.2) is 27.4 Å². The maximum atomic E-state index is 12.6. The van der Waals surface area contributed by atoms with Gasteiger partial charge in [0.15, 0.2) is 0 Å². The van der Waals surface area contributed by atoms with Crippen LogP contribution >= 0.6 is 11.6 Å². The van der Waals surface area contributed by atoms with Gasteiger partial charge in [-0.2, -0.15) is 23.5 Å². The average Bonchev–Trinajstić information content (AvgIpc) is 2.86. The van der Waals surface area contributed by atoms with Gasteiger partial charge in [0.2, 0.25) is 0 Å². The standard InChI is InChI=1S/C13H8ClF3N4O2/c14-9-3-8(13(15,16)17)1-2-10(9)21-12(19-6-11(22)23)7(4-18)5-20-21/h1-3,5,19H,6H2,(H,22,23). The minimum atomic E-state index is -4.55. The Labute approximate surface area is 132 Å². The molecule has 23 heavy (non-hydrogen) atoms. The van der Waals surface area contributed by atoms with Gasteiger partial charge in [-0.05, 0) is 18.2 Å². The SMILES string of the molecule is N#Cc1cnn(-c2ccc(C(F)(F)F)cc2Cl)c1NCC(=O)O. The second kappa shape index (κ2) is 6.18. The number of benzene rings is 1. The predicted molar refractivity (Wildman–Crippen MR) is 74.4 cm³/mol. The molecule has 0 saturated heterocycles. The van der Waals surface area contributed by atoms with Crippen LogP contribution in [0.3, 0.4) is 0 Å². The summed E-state index contributed by atoms with van der Waals surface area (Å²) in [6, 6.07) is 4.43. The first-order valence-corrected chi connectivity index (χ1v) is 6.42. The van der Waals surface area contributed by atoms with Crippen LogP contribution in [0.15, 0.2) is 24.4 Å². The van der Waals surface area contributed by atoms with Crippen molar-refractivity contribution in [3.63, 3.8) is 0 Å². The van der Waals surface area contributed by atoms with Crippen LogP contribution in [0.25, 0.3) is 5.69 Å². The Hall–Kier alpha value is -2.73. The molecule has 2 N–H and O–H groups in total. The first-order chi connectivity index (χ1) is 10.7. The minimum Gasteiger partial charge on any atom is -0.480 e. The number of carbonyl (C=O) groups is 1. The summed E-state index contributed by atoms with van der Waals surface area (Å²) in [5.41, 5.74) is -0.824. The number of carboxylic acids is 1. The van der Waals surface area contributed by atoms with Gasteiger partial charge in [-0.25, -0.2) is 4.68 Å². The molecule has 1 heterocycles. The second-order valence-electron chi connectivity index (χ2n) is 4.34. The molecule has 0 aliphatic rings. The Morgan fingerprint density at radius 3 is 2.70 bits per heavy atom. The fourth-order valence-electron chi connectivity index (χ4n) is 1.80. The van der Waals surface area contributed by atoms with Crippen LogP contribution < -0.4 is 5.32 Å². The van der Waals surface area contributed by atoms with Crippen LogP contribution in [0, 0.1) is 11.3 Å². The quantitative estimate of drug-likeness (QED) is 0.890. The number of hydrogen-bond acceptors (Lipinski definition) is 4. The van der Waals surface area contributed by atoms with Crippen LogP contribution in [-0.2, 0) is 11.0 Å². The fourth-order valence-corrected chi connectivity index (χ4v) is 2.06. The van der Waals surface area contributed by atoms with Crippen molar-refractivity contribution in [2.75, 3.05) is 11.9 Å². The zero-order valence-electron chi connectivity index (χ0n) is 11.2. The van der Waals surface area contributed by atoms with E-state index in [1.165, 1.54) is 0 Å². The molecule has 0 aliphatic carbocycles. The highest BCUT2D eigenvalue weighted by Gasteiger charge is 2.31. The van der Waals surface area contributed by atoms with Crippen molar-refractivity contribution in [3.8, 4) is 11.8 Å². The normalized spacial score (nSPS) is 11.1. The molecule has 6 nitrogen and oxygen atoms in total. The third-order valence-electron chi connectivity index (χ3n) is 2.80. The highest BCUT2D eigenvalue weighted by atomic mass is 35.5. The maximum Gasteiger partial charge on any atom is 0.416 e. The monoisotopic (exact) mass is 344 g/mol. The molecular formula is C13H8ClF3N4O2. The predicted octanol–water partition coefficient (Wildman–Crippen LogP) is 2.91. The summed E-state index contributed by atoms with van der Waals surface area (Å²) in [6.07, 6.45) is -3.40. The van der Waals surface area contributed by atoms with E-state index in [-0.39, 0.29) is 22.1 Å². The molecule has 2 aromatic rings. The second-order valence-corrected chi connectivity index (χ2v) is 4.75. The van der Waals surface area contributed by atoms with Gasteiger partial charge >= 0.3 is 12.1 Å². The Balaban J connectivity index is 2.48. The lowest BCUT2D eigenvalue weighted by Crippen LogP contribution is -2.16. The van der Waals surface area contributed by atoms with Crippen LogP contribution in [0.5, 0.6) is 0 Å². The number of hydrogen-bond donors (Lipinski definition) is 2. The number of rotatable bonds is 4. The molecule has 0 bridgehead atoms. The lowest BCUT2D eigenvalue weighted by molar-refractivity contribution is -0.137. The van der Waals surface area contributed by atoms with E-state index in [0.717, 1.165) is 29.1 Å². The zero-order valence-corrected chi connectivity index (χ0v) is 12.0. The van der Waals surface area contributed by atoms with Crippen molar-refractivity contribution >= 4 is 23.4 Å². The molecule has 0 fully saturated rings. The molecule has 0 radical (unpaired) electrons. The van der Waals surface area contributed by atoms with Gasteiger partial charge in [-0.3, -0.25) is 4.79 Å². The van der Waals surface area contributed by atoms with Crippen LogP contribution in [0.2, 0.25) is 5.02 Å². The van der Waals surface area contributed by atoms with E-state index in [9.17, 15) is 18.0 Å². The number of nitriles is 1. The molecule has 120 valence electrons. The molecule has 2 rings (SSSR count). The van der Waals surface area contributed by atoms with Crippen molar-refractivity contribution in [2.24, 2.45) is 0 Å². The van der Waals surface area contributed by atoms with Gasteiger partial charge in [-0.1, -0.05) is 11.6 Å². The molecular weight excluding hydrogens is 337 g/mol. The highest BCUT2D eigenvalue weighted by molar-refractivity contribution is 6.32. The molecule has 1 aromatic heterocycles. The number of aromatic nitrogens is 2. The summed E-state index contributed by atoms with van der Waals surface area (Å²) < 4.78 is 39.0. The number of aliphatic carboxylic acids is 1. The third kappa shape index (κ3) is 3.54. The molecule has 10 heteroatoms. The number of halogens is 4. The van der Waals surface area contributed by atoms with Gasteiger partial charge in [0.1, 0.15) is 24.0 Å². The summed E-state index contributed by atoms with van der Waals surface area (Å²) in [7, 11) is 0. The zero-order chi connectivity index (χ0) is 17.2. The molecule has 0 spiro atoms. The molecule has 0 unspecified atom stereocenters. The summed E-state index contributed by atoms with van der Waals surface area (Å²) in [5, 5.41) is 23.8. The van der Waals surface area contributed by atoms with Gasteiger partial charge in [-0.15, -0.1) is 0 Å². The van der Waals surface area contributed by atoms with Crippen molar-refractivity contribution in [1.82, 2.24) is 9.78 Å². The van der Waals surface area contributed by atoms with E-state index in [1.807, 2.05) is 0 Å². The van der Waals surface area contributed by atoms with E-state index in [2.05, 4.69) is 10.4 Å². The molecule has 0 atom stereocenters. The summed E-state index contributed by atoms with van der Waals surface area (Å²) in [4.78, 5) is 10.6. The number of anilines is 1. The first kappa shape index (κ1) is 16.6. The summed E-state index contributed by atoms with van der Waals surface area (Å²) in [6.45, 7) is -0.501. The first-order valence-electron chi connectivity index (χ1n) is 6.05. The maximum absolute atomic E-state index is 12.6. The molecule has 0 saturated carbocycles. The molecule has 1 aromatic carbocycles. The van der Waals surface area contributed by atoms with Crippen LogP contribution in [0.1, 0.15) is 11.1 Å². The molecule has 0 aliphatic heterocycles. The van der Waals surface area contributed by atoms with E-state index in [1.54, 1.807) is 6.07 Å². The Bertz CT molecular complexity index is 795. The van der Waals surface area contributed by atoms with Gasteiger partial charge < -0.3 is 10.4 Å². The topological polar surface area (TPSA) is 90.9 Å². The Morgan fingerprint density at radius 1 is 1.48 bits per heavy atom. The number of nitrogens with one attached hydrogen (secondary N) is 1. The lowest BCUT2D eigenvalue weighted by atomic mass is 10.2. The van der Waals surface area contributed by atoms with Gasteiger partial charge in [0.05, 0.1) is 22.5 Å². The lowest BCUT2D eigenvalue weighted by Gasteiger charge is -2.12.